The van der Waals surface area contributed by atoms with E-state index >= 15 is 0 Å². The van der Waals surface area contributed by atoms with E-state index in [1.807, 2.05) is 0 Å². The van der Waals surface area contributed by atoms with Gasteiger partial charge in [0.2, 0.25) is 0 Å². The Morgan fingerprint density at radius 1 is 1.54 bits per heavy atom. The third kappa shape index (κ3) is 1.92. The molecular formula is C8H5Cl2FO2. The minimum Gasteiger partial charge on any atom is -0.495 e. The summed E-state index contributed by atoms with van der Waals surface area (Å²) in [6.07, 6.45) is 0. The van der Waals surface area contributed by atoms with E-state index in [-0.39, 0.29) is 16.3 Å². The van der Waals surface area contributed by atoms with Crippen LogP contribution in [0.4, 0.5) is 4.39 Å². The summed E-state index contributed by atoms with van der Waals surface area (Å²) >= 11 is 10.8. The second-order valence-corrected chi connectivity index (χ2v) is 2.93. The first-order chi connectivity index (χ1) is 6.07. The maximum Gasteiger partial charge on any atom is 0.257 e. The van der Waals surface area contributed by atoms with Crippen LogP contribution < -0.4 is 4.74 Å². The van der Waals surface area contributed by atoms with E-state index in [1.54, 1.807) is 0 Å². The molecule has 0 unspecified atom stereocenters. The van der Waals surface area contributed by atoms with E-state index < -0.39 is 11.1 Å². The van der Waals surface area contributed by atoms with Gasteiger partial charge in [-0.25, -0.2) is 4.39 Å². The number of benzene rings is 1. The summed E-state index contributed by atoms with van der Waals surface area (Å²) in [5.41, 5.74) is -0.359. The summed E-state index contributed by atoms with van der Waals surface area (Å²) in [6, 6.07) is 2.39. The van der Waals surface area contributed by atoms with Gasteiger partial charge < -0.3 is 4.74 Å². The average Bonchev–Trinajstić information content (AvgIpc) is 2.04. The molecule has 0 atom stereocenters. The lowest BCUT2D eigenvalue weighted by Gasteiger charge is -2.05. The maximum absolute atomic E-state index is 13.0. The molecule has 0 aliphatic heterocycles. The summed E-state index contributed by atoms with van der Waals surface area (Å²) in [7, 11) is 1.36. The maximum atomic E-state index is 13.0. The standard InChI is InChI=1S/C8H5Cl2FO2/c1-13-5-3-2-4(11)6(7(5)9)8(10)12/h2-3H,1H3. The predicted molar refractivity (Wildman–Crippen MR) is 48.1 cm³/mol. The first-order valence-corrected chi connectivity index (χ1v) is 4.05. The van der Waals surface area contributed by atoms with Gasteiger partial charge in [0.1, 0.15) is 11.6 Å². The van der Waals surface area contributed by atoms with Gasteiger partial charge in [0.25, 0.3) is 5.24 Å². The zero-order chi connectivity index (χ0) is 10.0. The molecule has 0 heterocycles. The van der Waals surface area contributed by atoms with Crippen LogP contribution in [0.3, 0.4) is 0 Å². The number of hydrogen-bond acceptors (Lipinski definition) is 2. The number of carbonyl (C=O) groups excluding carboxylic acids is 1. The van der Waals surface area contributed by atoms with Crippen LogP contribution in [0.1, 0.15) is 10.4 Å². The minimum atomic E-state index is -0.943. The normalized spacial score (nSPS) is 9.85. The second-order valence-electron chi connectivity index (χ2n) is 2.21. The summed E-state index contributed by atoms with van der Waals surface area (Å²) in [4.78, 5) is 10.7. The molecule has 0 aromatic heterocycles. The number of carbonyl (C=O) groups is 1. The molecule has 70 valence electrons. The van der Waals surface area contributed by atoms with Crippen molar-refractivity contribution in [3.05, 3.63) is 28.5 Å². The minimum absolute atomic E-state index is 0.109. The van der Waals surface area contributed by atoms with Gasteiger partial charge in [-0.2, -0.15) is 0 Å². The largest absolute Gasteiger partial charge is 0.495 e. The Kier molecular flexibility index (Phi) is 3.12. The Bertz CT molecular complexity index is 352. The van der Waals surface area contributed by atoms with Crippen molar-refractivity contribution in [2.45, 2.75) is 0 Å². The van der Waals surface area contributed by atoms with E-state index in [0.717, 1.165) is 6.07 Å². The SMILES string of the molecule is COc1ccc(F)c(C(=O)Cl)c1Cl. The second kappa shape index (κ2) is 3.94. The lowest BCUT2D eigenvalue weighted by atomic mass is 10.2. The Balaban J connectivity index is 3.38. The molecule has 0 spiro atoms. The summed E-state index contributed by atoms with van der Waals surface area (Å²) in [6.45, 7) is 0. The molecule has 0 N–H and O–H groups in total. The molecule has 1 rings (SSSR count). The monoisotopic (exact) mass is 222 g/mol. The number of ether oxygens (including phenoxy) is 1. The van der Waals surface area contributed by atoms with Crippen molar-refractivity contribution in [1.29, 1.82) is 0 Å². The van der Waals surface area contributed by atoms with Gasteiger partial charge in [-0.15, -0.1) is 0 Å². The fraction of sp³-hybridized carbons (Fsp3) is 0.125. The molecule has 1 aromatic rings. The van der Waals surface area contributed by atoms with Crippen LogP contribution in [0.15, 0.2) is 12.1 Å². The van der Waals surface area contributed by atoms with Crippen LogP contribution in [0.5, 0.6) is 5.75 Å². The Morgan fingerprint density at radius 3 is 2.62 bits per heavy atom. The Hall–Kier alpha value is -0.800. The highest BCUT2D eigenvalue weighted by Gasteiger charge is 2.17. The molecule has 0 radical (unpaired) electrons. The zero-order valence-electron chi connectivity index (χ0n) is 6.61. The first kappa shape index (κ1) is 10.3. The van der Waals surface area contributed by atoms with E-state index in [9.17, 15) is 9.18 Å². The van der Waals surface area contributed by atoms with Crippen LogP contribution >= 0.6 is 23.2 Å². The summed E-state index contributed by atoms with van der Waals surface area (Å²) < 4.78 is 17.8. The molecule has 0 fully saturated rings. The molecule has 1 aromatic carbocycles. The highest BCUT2D eigenvalue weighted by molar-refractivity contribution is 6.68. The van der Waals surface area contributed by atoms with Crippen LogP contribution in [0.2, 0.25) is 5.02 Å². The highest BCUT2D eigenvalue weighted by Crippen LogP contribution is 2.30. The average molecular weight is 223 g/mol. The van der Waals surface area contributed by atoms with Gasteiger partial charge in [-0.1, -0.05) is 11.6 Å². The summed E-state index contributed by atoms with van der Waals surface area (Å²) in [5.74, 6) is -0.544. The van der Waals surface area contributed by atoms with E-state index in [2.05, 4.69) is 0 Å². The third-order valence-corrected chi connectivity index (χ3v) is 2.04. The first-order valence-electron chi connectivity index (χ1n) is 3.29. The quantitative estimate of drug-likeness (QED) is 0.720. The van der Waals surface area contributed by atoms with Crippen molar-refractivity contribution in [3.63, 3.8) is 0 Å². The molecule has 5 heteroatoms. The molecule has 0 bridgehead atoms. The number of hydrogen-bond donors (Lipinski definition) is 0. The molecule has 0 amide bonds. The van der Waals surface area contributed by atoms with Crippen molar-refractivity contribution in [2.24, 2.45) is 0 Å². The number of halogens is 3. The number of rotatable bonds is 2. The van der Waals surface area contributed by atoms with E-state index in [4.69, 9.17) is 27.9 Å². The lowest BCUT2D eigenvalue weighted by molar-refractivity contribution is 0.107. The van der Waals surface area contributed by atoms with E-state index in [0.29, 0.717) is 0 Å². The number of methoxy groups -OCH3 is 1. The highest BCUT2D eigenvalue weighted by atomic mass is 35.5. The van der Waals surface area contributed by atoms with Crippen molar-refractivity contribution in [1.82, 2.24) is 0 Å². The molecule has 0 aliphatic carbocycles. The molecule has 0 aliphatic rings. The van der Waals surface area contributed by atoms with E-state index in [1.165, 1.54) is 13.2 Å². The van der Waals surface area contributed by atoms with Gasteiger partial charge in [0.05, 0.1) is 17.7 Å². The smallest absolute Gasteiger partial charge is 0.257 e. The van der Waals surface area contributed by atoms with Crippen LogP contribution in [-0.4, -0.2) is 12.4 Å². The third-order valence-electron chi connectivity index (χ3n) is 1.47. The van der Waals surface area contributed by atoms with Crippen molar-refractivity contribution in [2.75, 3.05) is 7.11 Å². The van der Waals surface area contributed by atoms with Crippen LogP contribution in [-0.2, 0) is 0 Å². The van der Waals surface area contributed by atoms with Crippen LogP contribution in [0, 0.1) is 5.82 Å². The van der Waals surface area contributed by atoms with Gasteiger partial charge >= 0.3 is 0 Å². The van der Waals surface area contributed by atoms with Crippen molar-refractivity contribution >= 4 is 28.4 Å². The fourth-order valence-corrected chi connectivity index (χ4v) is 1.42. The Morgan fingerprint density at radius 2 is 2.15 bits per heavy atom. The molecule has 0 saturated carbocycles. The summed E-state index contributed by atoms with van der Waals surface area (Å²) in [5, 5.41) is -1.05. The fourth-order valence-electron chi connectivity index (χ4n) is 0.871. The zero-order valence-corrected chi connectivity index (χ0v) is 8.12. The lowest BCUT2D eigenvalue weighted by Crippen LogP contribution is -1.98. The van der Waals surface area contributed by atoms with Gasteiger partial charge in [-0.3, -0.25) is 4.79 Å². The topological polar surface area (TPSA) is 26.3 Å². The molecular weight excluding hydrogens is 218 g/mol. The molecule has 2 nitrogen and oxygen atoms in total. The van der Waals surface area contributed by atoms with Crippen LogP contribution in [0.25, 0.3) is 0 Å². The molecule has 13 heavy (non-hydrogen) atoms. The van der Waals surface area contributed by atoms with Crippen molar-refractivity contribution < 1.29 is 13.9 Å². The predicted octanol–water partition coefficient (Wildman–Crippen LogP) is 2.87. The van der Waals surface area contributed by atoms with Gasteiger partial charge in [-0.05, 0) is 23.7 Å². The molecule has 0 saturated heterocycles. The van der Waals surface area contributed by atoms with Crippen molar-refractivity contribution in [3.8, 4) is 5.75 Å². The van der Waals surface area contributed by atoms with Gasteiger partial charge in [0.15, 0.2) is 0 Å². The Labute approximate surface area is 84.2 Å². The van der Waals surface area contributed by atoms with Gasteiger partial charge in [0, 0.05) is 0 Å².